The van der Waals surface area contributed by atoms with Crippen LogP contribution in [0.15, 0.2) is 0 Å². The number of aliphatic hydroxyl groups excluding tert-OH is 1. The molecule has 88 valence electrons. The van der Waals surface area contributed by atoms with Gasteiger partial charge in [-0.2, -0.15) is 9.05 Å². The van der Waals surface area contributed by atoms with Crippen molar-refractivity contribution in [2.24, 2.45) is 5.92 Å². The van der Waals surface area contributed by atoms with E-state index in [-0.39, 0.29) is 24.7 Å². The van der Waals surface area contributed by atoms with Crippen LogP contribution in [0.4, 0.5) is 0 Å². The van der Waals surface area contributed by atoms with Crippen LogP contribution >= 0.6 is 19.4 Å². The highest BCUT2D eigenvalue weighted by Crippen LogP contribution is 2.62. The highest BCUT2D eigenvalue weighted by Gasteiger charge is 2.54. The van der Waals surface area contributed by atoms with E-state index in [1.807, 2.05) is 13.8 Å². The van der Waals surface area contributed by atoms with Crippen molar-refractivity contribution in [2.75, 3.05) is 6.61 Å². The Bertz CT molecular complexity index is 249. The molecule has 2 rings (SSSR count). The number of aliphatic hydroxyl groups is 1. The van der Waals surface area contributed by atoms with Gasteiger partial charge in [-0.15, -0.1) is 0 Å². The molecular formula is C8H15O5PS. The van der Waals surface area contributed by atoms with Gasteiger partial charge in [-0.25, -0.2) is 0 Å². The highest BCUT2D eigenvalue weighted by atomic mass is 32.7. The molecule has 0 aromatic heterocycles. The quantitative estimate of drug-likeness (QED) is 0.515. The lowest BCUT2D eigenvalue weighted by Crippen LogP contribution is -2.42. The van der Waals surface area contributed by atoms with Crippen molar-refractivity contribution in [3.05, 3.63) is 0 Å². The Morgan fingerprint density at radius 3 is 2.80 bits per heavy atom. The van der Waals surface area contributed by atoms with Gasteiger partial charge in [0.25, 0.3) is 7.15 Å². The van der Waals surface area contributed by atoms with Crippen molar-refractivity contribution in [3.63, 3.8) is 0 Å². The van der Waals surface area contributed by atoms with E-state index in [4.69, 9.17) is 13.8 Å². The molecule has 0 amide bonds. The molecule has 2 heterocycles. The van der Waals surface area contributed by atoms with Gasteiger partial charge in [0.05, 0.1) is 18.4 Å². The van der Waals surface area contributed by atoms with Gasteiger partial charge in [0.1, 0.15) is 18.8 Å². The minimum Gasteiger partial charge on any atom is -0.622 e. The van der Waals surface area contributed by atoms with Crippen LogP contribution in [0.2, 0.25) is 0 Å². The van der Waals surface area contributed by atoms with Crippen molar-refractivity contribution < 1.29 is 23.8 Å². The molecule has 0 aromatic carbocycles. The van der Waals surface area contributed by atoms with E-state index in [9.17, 15) is 10.00 Å². The number of rotatable bonds is 1. The van der Waals surface area contributed by atoms with Crippen LogP contribution in [-0.2, 0) is 13.8 Å². The molecule has 2 fully saturated rings. The first-order valence-electron chi connectivity index (χ1n) is 4.90. The van der Waals surface area contributed by atoms with E-state index < -0.39 is 19.4 Å². The minimum atomic E-state index is -3.30. The maximum atomic E-state index is 11.5. The molecule has 2 aliphatic rings. The lowest BCUT2D eigenvalue weighted by molar-refractivity contribution is -0.229. The molecule has 0 radical (unpaired) electrons. The Labute approximate surface area is 94.5 Å². The Morgan fingerprint density at radius 1 is 1.53 bits per heavy atom. The van der Waals surface area contributed by atoms with Crippen LogP contribution in [-0.4, -0.2) is 36.1 Å². The number of hydrogen-bond acceptors (Lipinski definition) is 6. The monoisotopic (exact) mass is 254 g/mol. The summed E-state index contributed by atoms with van der Waals surface area (Å²) in [5.41, 5.74) is 0. The fourth-order valence-electron chi connectivity index (χ4n) is 1.93. The second kappa shape index (κ2) is 4.11. The van der Waals surface area contributed by atoms with Crippen molar-refractivity contribution in [1.82, 2.24) is 0 Å². The van der Waals surface area contributed by atoms with Gasteiger partial charge in [0.15, 0.2) is 6.10 Å². The highest BCUT2D eigenvalue weighted by molar-refractivity contribution is 8.46. The molecule has 7 heteroatoms. The van der Waals surface area contributed by atoms with E-state index in [1.165, 1.54) is 0 Å². The maximum Gasteiger partial charge on any atom is 0.296 e. The maximum absolute atomic E-state index is 11.5. The van der Waals surface area contributed by atoms with E-state index in [1.54, 1.807) is 0 Å². The summed E-state index contributed by atoms with van der Waals surface area (Å²) in [6, 6.07) is 0. The zero-order valence-corrected chi connectivity index (χ0v) is 10.4. The van der Waals surface area contributed by atoms with Gasteiger partial charge < -0.3 is 14.7 Å². The van der Waals surface area contributed by atoms with Crippen molar-refractivity contribution in [1.29, 1.82) is 0 Å². The average Bonchev–Trinajstić information content (AvgIpc) is 2.42. The SMILES string of the molecule is CC(C)[C@H]1OC2CO[P+]([O-])(S)O[C@@H]2C1O. The summed E-state index contributed by atoms with van der Waals surface area (Å²) in [5, 5.41) is 9.93. The normalized spacial score (nSPS) is 50.8. The molecule has 3 unspecified atom stereocenters. The first-order chi connectivity index (χ1) is 6.91. The van der Waals surface area contributed by atoms with Gasteiger partial charge in [0, 0.05) is 0 Å². The molecule has 5 atom stereocenters. The zero-order chi connectivity index (χ0) is 11.2. The summed E-state index contributed by atoms with van der Waals surface area (Å²) in [5.74, 6) is 0.175. The summed E-state index contributed by atoms with van der Waals surface area (Å²) < 4.78 is 15.6. The summed E-state index contributed by atoms with van der Waals surface area (Å²) in [7, 11) is -3.30. The van der Waals surface area contributed by atoms with Gasteiger partial charge in [0.2, 0.25) is 0 Å². The molecule has 5 nitrogen and oxygen atoms in total. The molecule has 15 heavy (non-hydrogen) atoms. The Hall–Kier alpha value is 0.580. The number of ether oxygens (including phenoxy) is 1. The second-order valence-electron chi connectivity index (χ2n) is 4.21. The number of hydrogen-bond donors (Lipinski definition) is 2. The van der Waals surface area contributed by atoms with Crippen LogP contribution in [0.3, 0.4) is 0 Å². The van der Waals surface area contributed by atoms with Gasteiger partial charge in [-0.3, -0.25) is 0 Å². The third kappa shape index (κ3) is 2.31. The fourth-order valence-corrected chi connectivity index (χ4v) is 3.43. The van der Waals surface area contributed by atoms with E-state index in [2.05, 4.69) is 12.2 Å². The number of fused-ring (bicyclic) bond motifs is 1. The van der Waals surface area contributed by atoms with E-state index >= 15 is 0 Å². The lowest BCUT2D eigenvalue weighted by Gasteiger charge is -2.32. The third-order valence-corrected chi connectivity index (χ3v) is 4.30. The topological polar surface area (TPSA) is 71.0 Å². The summed E-state index contributed by atoms with van der Waals surface area (Å²) in [6.45, 7) is 4.06. The van der Waals surface area contributed by atoms with E-state index in [0.29, 0.717) is 0 Å². The third-order valence-electron chi connectivity index (χ3n) is 2.69. The van der Waals surface area contributed by atoms with Crippen LogP contribution < -0.4 is 4.89 Å². The first-order valence-corrected chi connectivity index (χ1v) is 7.59. The Balaban J connectivity index is 2.09. The largest absolute Gasteiger partial charge is 0.622 e. The molecule has 2 aliphatic heterocycles. The lowest BCUT2D eigenvalue weighted by atomic mass is 10.00. The van der Waals surface area contributed by atoms with Crippen LogP contribution in [0.25, 0.3) is 0 Å². The Kier molecular flexibility index (Phi) is 3.30. The van der Waals surface area contributed by atoms with Gasteiger partial charge in [-0.1, -0.05) is 13.8 Å². The predicted molar refractivity (Wildman–Crippen MR) is 56.2 cm³/mol. The second-order valence-corrected chi connectivity index (χ2v) is 7.08. The fraction of sp³-hybridized carbons (Fsp3) is 1.00. The molecule has 0 aromatic rings. The van der Waals surface area contributed by atoms with Crippen molar-refractivity contribution in [2.45, 2.75) is 38.3 Å². The molecular weight excluding hydrogens is 239 g/mol. The Morgan fingerprint density at radius 2 is 2.20 bits per heavy atom. The smallest absolute Gasteiger partial charge is 0.296 e. The molecule has 0 saturated carbocycles. The summed E-state index contributed by atoms with van der Waals surface area (Å²) in [4.78, 5) is 11.5. The van der Waals surface area contributed by atoms with Crippen molar-refractivity contribution in [3.8, 4) is 0 Å². The van der Waals surface area contributed by atoms with Crippen LogP contribution in [0.5, 0.6) is 0 Å². The molecule has 0 spiro atoms. The van der Waals surface area contributed by atoms with E-state index in [0.717, 1.165) is 0 Å². The minimum absolute atomic E-state index is 0.158. The van der Waals surface area contributed by atoms with Gasteiger partial charge >= 0.3 is 0 Å². The summed E-state index contributed by atoms with van der Waals surface area (Å²) in [6.07, 6.45) is -1.99. The standard InChI is InChI=1S/C8H15O5PS/c1-4(2)7-6(9)8-5(12-7)3-11-14(10,15)13-8/h4-9H,3H2,1-2H3,(H,10,15)/t5?,6?,7-,8+,14?/m1/s1. The number of thiol groups is 1. The zero-order valence-electron chi connectivity index (χ0n) is 8.57. The van der Waals surface area contributed by atoms with Crippen LogP contribution in [0, 0.1) is 5.92 Å². The van der Waals surface area contributed by atoms with Gasteiger partial charge in [-0.05, 0) is 5.92 Å². The first kappa shape index (κ1) is 12.0. The van der Waals surface area contributed by atoms with Crippen molar-refractivity contribution >= 4 is 19.4 Å². The predicted octanol–water partition coefficient (Wildman–Crippen LogP) is 0.154. The summed E-state index contributed by atoms with van der Waals surface area (Å²) >= 11 is 3.77. The average molecular weight is 254 g/mol. The molecule has 0 aliphatic carbocycles. The molecule has 2 saturated heterocycles. The van der Waals surface area contributed by atoms with Crippen LogP contribution in [0.1, 0.15) is 13.8 Å². The molecule has 1 N–H and O–H groups in total. The molecule has 0 bridgehead atoms.